The molecule has 0 spiro atoms. The Bertz CT molecular complexity index is 481. The SMILES string of the molecule is CCCNc1nc(N2CCNC(=O)C2)c(Cl)cc1Cl. The Morgan fingerprint density at radius 2 is 2.26 bits per heavy atom. The Kier molecular flexibility index (Phi) is 4.71. The van der Waals surface area contributed by atoms with Crippen molar-refractivity contribution in [1.82, 2.24) is 10.3 Å². The van der Waals surface area contributed by atoms with Crippen molar-refractivity contribution in [3.63, 3.8) is 0 Å². The van der Waals surface area contributed by atoms with E-state index >= 15 is 0 Å². The Morgan fingerprint density at radius 3 is 2.95 bits per heavy atom. The predicted octanol–water partition coefficient (Wildman–Crippen LogP) is 2.15. The van der Waals surface area contributed by atoms with Crippen molar-refractivity contribution in [2.75, 3.05) is 36.4 Å². The molecule has 0 unspecified atom stereocenters. The van der Waals surface area contributed by atoms with Crippen molar-refractivity contribution < 1.29 is 4.79 Å². The van der Waals surface area contributed by atoms with Crippen LogP contribution < -0.4 is 15.5 Å². The lowest BCUT2D eigenvalue weighted by Crippen LogP contribution is -2.48. The van der Waals surface area contributed by atoms with Gasteiger partial charge in [-0.1, -0.05) is 30.1 Å². The molecule has 1 aromatic rings. The third-order valence-electron chi connectivity index (χ3n) is 2.79. The molecule has 2 N–H and O–H groups in total. The standard InChI is InChI=1S/C12H16Cl2N4O/c1-2-3-16-11-8(13)6-9(14)12(17-11)18-5-4-15-10(19)7-18/h6H,2-5,7H2,1H3,(H,15,19)(H,16,17). The van der Waals surface area contributed by atoms with Crippen molar-refractivity contribution in [1.29, 1.82) is 0 Å². The van der Waals surface area contributed by atoms with E-state index in [2.05, 4.69) is 22.5 Å². The lowest BCUT2D eigenvalue weighted by atomic mass is 10.3. The van der Waals surface area contributed by atoms with Gasteiger partial charge in [0, 0.05) is 19.6 Å². The number of aromatic nitrogens is 1. The van der Waals surface area contributed by atoms with E-state index in [0.717, 1.165) is 13.0 Å². The third kappa shape index (κ3) is 3.42. The average Bonchev–Trinajstić information content (AvgIpc) is 2.38. The van der Waals surface area contributed by atoms with Gasteiger partial charge >= 0.3 is 0 Å². The van der Waals surface area contributed by atoms with Gasteiger partial charge in [0.2, 0.25) is 5.91 Å². The molecule has 1 amide bonds. The number of halogens is 2. The molecule has 104 valence electrons. The van der Waals surface area contributed by atoms with Crippen LogP contribution in [0.4, 0.5) is 11.6 Å². The first-order valence-corrected chi connectivity index (χ1v) is 6.99. The second-order valence-corrected chi connectivity index (χ2v) is 5.14. The number of hydrogen-bond acceptors (Lipinski definition) is 4. The zero-order chi connectivity index (χ0) is 13.8. The second kappa shape index (κ2) is 6.30. The largest absolute Gasteiger partial charge is 0.369 e. The van der Waals surface area contributed by atoms with Crippen LogP contribution in [-0.2, 0) is 4.79 Å². The molecule has 1 aliphatic heterocycles. The van der Waals surface area contributed by atoms with Crippen LogP contribution >= 0.6 is 23.2 Å². The van der Waals surface area contributed by atoms with Crippen LogP contribution in [0, 0.1) is 0 Å². The molecule has 2 rings (SSSR count). The zero-order valence-corrected chi connectivity index (χ0v) is 12.2. The highest BCUT2D eigenvalue weighted by molar-refractivity contribution is 6.37. The van der Waals surface area contributed by atoms with Crippen LogP contribution in [0.15, 0.2) is 6.07 Å². The maximum absolute atomic E-state index is 11.4. The first-order valence-electron chi connectivity index (χ1n) is 6.23. The van der Waals surface area contributed by atoms with Gasteiger partial charge in [-0.25, -0.2) is 4.98 Å². The Hall–Kier alpha value is -1.20. The van der Waals surface area contributed by atoms with Gasteiger partial charge in [-0.15, -0.1) is 0 Å². The third-order valence-corrected chi connectivity index (χ3v) is 3.36. The fourth-order valence-electron chi connectivity index (χ4n) is 1.87. The monoisotopic (exact) mass is 302 g/mol. The van der Waals surface area contributed by atoms with Crippen LogP contribution in [0.2, 0.25) is 10.0 Å². The van der Waals surface area contributed by atoms with Crippen molar-refractivity contribution in [3.8, 4) is 0 Å². The lowest BCUT2D eigenvalue weighted by molar-refractivity contribution is -0.120. The Labute approximate surface area is 122 Å². The zero-order valence-electron chi connectivity index (χ0n) is 10.7. The maximum atomic E-state index is 11.4. The van der Waals surface area contributed by atoms with E-state index in [1.54, 1.807) is 6.07 Å². The molecule has 0 atom stereocenters. The van der Waals surface area contributed by atoms with Gasteiger partial charge in [0.25, 0.3) is 0 Å². The Balaban J connectivity index is 2.25. The molecule has 0 radical (unpaired) electrons. The van der Waals surface area contributed by atoms with Crippen LogP contribution in [-0.4, -0.2) is 37.1 Å². The lowest BCUT2D eigenvalue weighted by Gasteiger charge is -2.28. The van der Waals surface area contributed by atoms with Crippen molar-refractivity contribution in [3.05, 3.63) is 16.1 Å². The molecule has 1 aromatic heterocycles. The van der Waals surface area contributed by atoms with E-state index in [0.29, 0.717) is 34.8 Å². The summed E-state index contributed by atoms with van der Waals surface area (Å²) in [4.78, 5) is 17.7. The molecule has 5 nitrogen and oxygen atoms in total. The molecule has 0 aromatic carbocycles. The highest BCUT2D eigenvalue weighted by Gasteiger charge is 2.21. The number of carbonyl (C=O) groups excluding carboxylic acids is 1. The molecule has 1 fully saturated rings. The number of nitrogens with one attached hydrogen (secondary N) is 2. The first kappa shape index (κ1) is 14.2. The van der Waals surface area contributed by atoms with Crippen LogP contribution in [0.1, 0.15) is 13.3 Å². The van der Waals surface area contributed by atoms with Crippen molar-refractivity contribution in [2.24, 2.45) is 0 Å². The summed E-state index contributed by atoms with van der Waals surface area (Å²) in [5.41, 5.74) is 0. The minimum absolute atomic E-state index is 0.0258. The smallest absolute Gasteiger partial charge is 0.239 e. The second-order valence-electron chi connectivity index (χ2n) is 4.32. The van der Waals surface area contributed by atoms with Gasteiger partial charge in [0.05, 0.1) is 16.6 Å². The summed E-state index contributed by atoms with van der Waals surface area (Å²) in [5, 5.41) is 6.87. The van der Waals surface area contributed by atoms with Gasteiger partial charge in [-0.05, 0) is 12.5 Å². The normalized spacial score (nSPS) is 15.3. The van der Waals surface area contributed by atoms with Crippen LogP contribution in [0.3, 0.4) is 0 Å². The van der Waals surface area contributed by atoms with Crippen LogP contribution in [0.25, 0.3) is 0 Å². The summed E-state index contributed by atoms with van der Waals surface area (Å²) < 4.78 is 0. The fraction of sp³-hybridized carbons (Fsp3) is 0.500. The molecule has 0 bridgehead atoms. The van der Waals surface area contributed by atoms with E-state index < -0.39 is 0 Å². The van der Waals surface area contributed by atoms with Crippen molar-refractivity contribution >= 4 is 40.7 Å². The van der Waals surface area contributed by atoms with E-state index in [-0.39, 0.29) is 12.5 Å². The number of nitrogens with zero attached hydrogens (tertiary/aromatic N) is 2. The maximum Gasteiger partial charge on any atom is 0.239 e. The van der Waals surface area contributed by atoms with Gasteiger partial charge < -0.3 is 15.5 Å². The molecular weight excluding hydrogens is 287 g/mol. The number of pyridine rings is 1. The first-order chi connectivity index (χ1) is 9.11. The molecule has 19 heavy (non-hydrogen) atoms. The van der Waals surface area contributed by atoms with Gasteiger partial charge in [0.1, 0.15) is 11.6 Å². The number of amides is 1. The summed E-state index contributed by atoms with van der Waals surface area (Å²) in [6, 6.07) is 1.66. The summed E-state index contributed by atoms with van der Waals surface area (Å²) in [7, 11) is 0. The van der Waals surface area contributed by atoms with E-state index in [4.69, 9.17) is 23.2 Å². The fourth-order valence-corrected chi connectivity index (χ4v) is 2.41. The minimum atomic E-state index is -0.0258. The van der Waals surface area contributed by atoms with Gasteiger partial charge in [-0.3, -0.25) is 4.79 Å². The molecule has 0 saturated carbocycles. The molecule has 7 heteroatoms. The Morgan fingerprint density at radius 1 is 1.47 bits per heavy atom. The molecule has 1 saturated heterocycles. The topological polar surface area (TPSA) is 57.3 Å². The van der Waals surface area contributed by atoms with E-state index in [1.165, 1.54) is 0 Å². The van der Waals surface area contributed by atoms with Gasteiger partial charge in [0.15, 0.2) is 0 Å². The number of anilines is 2. The number of rotatable bonds is 4. The van der Waals surface area contributed by atoms with Crippen LogP contribution in [0.5, 0.6) is 0 Å². The quantitative estimate of drug-likeness (QED) is 0.895. The number of piperazine rings is 1. The molecule has 2 heterocycles. The molecular formula is C12H16Cl2N4O. The average molecular weight is 303 g/mol. The predicted molar refractivity (Wildman–Crippen MR) is 78.3 cm³/mol. The minimum Gasteiger partial charge on any atom is -0.369 e. The van der Waals surface area contributed by atoms with E-state index in [9.17, 15) is 4.79 Å². The van der Waals surface area contributed by atoms with Crippen molar-refractivity contribution in [2.45, 2.75) is 13.3 Å². The summed E-state index contributed by atoms with van der Waals surface area (Å²) >= 11 is 12.3. The molecule has 0 aliphatic carbocycles. The summed E-state index contributed by atoms with van der Waals surface area (Å²) in [5.74, 6) is 1.18. The van der Waals surface area contributed by atoms with Gasteiger partial charge in [-0.2, -0.15) is 0 Å². The highest BCUT2D eigenvalue weighted by Crippen LogP contribution is 2.31. The summed E-state index contributed by atoms with van der Waals surface area (Å²) in [6.45, 7) is 4.40. The number of hydrogen-bond donors (Lipinski definition) is 2. The number of carbonyl (C=O) groups is 1. The molecule has 1 aliphatic rings. The highest BCUT2D eigenvalue weighted by atomic mass is 35.5. The van der Waals surface area contributed by atoms with E-state index in [1.807, 2.05) is 4.90 Å². The summed E-state index contributed by atoms with van der Waals surface area (Å²) in [6.07, 6.45) is 0.974.